The number of thiophene rings is 1. The van der Waals surface area contributed by atoms with Crippen molar-refractivity contribution in [3.63, 3.8) is 0 Å². The molecule has 20 heavy (non-hydrogen) atoms. The van der Waals surface area contributed by atoms with Crippen LogP contribution < -0.4 is 5.32 Å². The number of carbonyl (C=O) groups is 1. The SMILES string of the molecule is CNCC1CCCN1C(=O)c1cc(-c2cccs2)[nH]n1. The molecule has 0 radical (unpaired) electrons. The Bertz CT molecular complexity index is 578. The Morgan fingerprint density at radius 3 is 3.30 bits per heavy atom. The predicted molar refractivity (Wildman–Crippen MR) is 79.9 cm³/mol. The molecule has 3 heterocycles. The second-order valence-electron chi connectivity index (χ2n) is 5.00. The van der Waals surface area contributed by atoms with E-state index >= 15 is 0 Å². The van der Waals surface area contributed by atoms with E-state index in [4.69, 9.17) is 0 Å². The Labute approximate surface area is 122 Å². The first-order valence-electron chi connectivity index (χ1n) is 6.84. The van der Waals surface area contributed by atoms with Crippen molar-refractivity contribution >= 4 is 17.2 Å². The van der Waals surface area contributed by atoms with Crippen molar-refractivity contribution in [2.75, 3.05) is 20.1 Å². The van der Waals surface area contributed by atoms with E-state index in [1.54, 1.807) is 11.3 Å². The van der Waals surface area contributed by atoms with E-state index in [0.29, 0.717) is 5.69 Å². The smallest absolute Gasteiger partial charge is 0.274 e. The number of nitrogens with zero attached hydrogens (tertiary/aromatic N) is 2. The Hall–Kier alpha value is -1.66. The third kappa shape index (κ3) is 2.48. The fourth-order valence-electron chi connectivity index (χ4n) is 2.69. The number of likely N-dealkylation sites (N-methyl/N-ethyl adjacent to an activating group) is 1. The fraction of sp³-hybridized carbons (Fsp3) is 0.429. The summed E-state index contributed by atoms with van der Waals surface area (Å²) in [6, 6.07) is 6.15. The molecule has 0 bridgehead atoms. The first-order chi connectivity index (χ1) is 9.79. The summed E-state index contributed by atoms with van der Waals surface area (Å²) in [7, 11) is 1.92. The van der Waals surface area contributed by atoms with Crippen molar-refractivity contribution in [1.82, 2.24) is 20.4 Å². The summed E-state index contributed by atoms with van der Waals surface area (Å²) in [6.07, 6.45) is 2.13. The molecule has 106 valence electrons. The molecule has 2 aromatic heterocycles. The highest BCUT2D eigenvalue weighted by Gasteiger charge is 2.30. The summed E-state index contributed by atoms with van der Waals surface area (Å²) in [5.74, 6) is 0.0295. The maximum atomic E-state index is 12.5. The Kier molecular flexibility index (Phi) is 3.84. The van der Waals surface area contributed by atoms with Crippen molar-refractivity contribution in [2.24, 2.45) is 0 Å². The molecule has 6 heteroatoms. The molecule has 0 aliphatic carbocycles. The zero-order valence-corrected chi connectivity index (χ0v) is 12.2. The molecule has 1 amide bonds. The molecule has 1 aliphatic heterocycles. The van der Waals surface area contributed by atoms with Gasteiger partial charge in [0.1, 0.15) is 0 Å². The minimum absolute atomic E-state index is 0.0295. The number of aromatic nitrogens is 2. The zero-order chi connectivity index (χ0) is 13.9. The quantitative estimate of drug-likeness (QED) is 0.905. The number of aromatic amines is 1. The van der Waals surface area contributed by atoms with Gasteiger partial charge in [-0.2, -0.15) is 5.10 Å². The van der Waals surface area contributed by atoms with E-state index in [0.717, 1.165) is 36.5 Å². The van der Waals surface area contributed by atoms with Gasteiger partial charge in [0, 0.05) is 19.1 Å². The van der Waals surface area contributed by atoms with Crippen LogP contribution in [0.2, 0.25) is 0 Å². The van der Waals surface area contributed by atoms with Crippen LogP contribution in [0.5, 0.6) is 0 Å². The Morgan fingerprint density at radius 2 is 2.55 bits per heavy atom. The van der Waals surface area contributed by atoms with E-state index in [1.807, 2.05) is 35.5 Å². The molecule has 2 aromatic rings. The Morgan fingerprint density at radius 1 is 1.65 bits per heavy atom. The summed E-state index contributed by atoms with van der Waals surface area (Å²) in [6.45, 7) is 1.67. The molecule has 1 saturated heterocycles. The lowest BCUT2D eigenvalue weighted by molar-refractivity contribution is 0.0731. The molecule has 0 spiro atoms. The zero-order valence-electron chi connectivity index (χ0n) is 11.4. The Balaban J connectivity index is 1.77. The van der Waals surface area contributed by atoms with Gasteiger partial charge >= 0.3 is 0 Å². The minimum atomic E-state index is 0.0295. The van der Waals surface area contributed by atoms with Gasteiger partial charge in [0.15, 0.2) is 5.69 Å². The predicted octanol–water partition coefficient (Wildman–Crippen LogP) is 1.96. The van der Waals surface area contributed by atoms with Crippen LogP contribution >= 0.6 is 11.3 Å². The van der Waals surface area contributed by atoms with Gasteiger partial charge in [0.05, 0.1) is 10.6 Å². The number of rotatable bonds is 4. The highest BCUT2D eigenvalue weighted by molar-refractivity contribution is 7.13. The number of nitrogens with one attached hydrogen (secondary N) is 2. The van der Waals surface area contributed by atoms with Crippen LogP contribution in [-0.4, -0.2) is 47.2 Å². The number of carbonyl (C=O) groups excluding carboxylic acids is 1. The maximum absolute atomic E-state index is 12.5. The lowest BCUT2D eigenvalue weighted by atomic mass is 10.2. The number of likely N-dealkylation sites (tertiary alicyclic amines) is 1. The number of hydrogen-bond acceptors (Lipinski definition) is 4. The molecule has 2 N–H and O–H groups in total. The number of H-pyrrole nitrogens is 1. The molecule has 3 rings (SSSR count). The monoisotopic (exact) mass is 290 g/mol. The summed E-state index contributed by atoms with van der Waals surface area (Å²) in [4.78, 5) is 15.6. The van der Waals surface area contributed by atoms with Gasteiger partial charge in [-0.3, -0.25) is 9.89 Å². The average Bonchev–Trinajstić information content (AvgIpc) is 3.19. The van der Waals surface area contributed by atoms with Gasteiger partial charge in [-0.05, 0) is 37.4 Å². The minimum Gasteiger partial charge on any atom is -0.333 e. The van der Waals surface area contributed by atoms with Gasteiger partial charge in [-0.15, -0.1) is 11.3 Å². The van der Waals surface area contributed by atoms with Crippen molar-refractivity contribution in [3.05, 3.63) is 29.3 Å². The van der Waals surface area contributed by atoms with Gasteiger partial charge in [-0.1, -0.05) is 6.07 Å². The summed E-state index contributed by atoms with van der Waals surface area (Å²) >= 11 is 1.64. The van der Waals surface area contributed by atoms with E-state index in [2.05, 4.69) is 15.5 Å². The van der Waals surface area contributed by atoms with Gasteiger partial charge in [0.25, 0.3) is 5.91 Å². The third-order valence-corrected chi connectivity index (χ3v) is 4.56. The standard InChI is InChI=1S/C14H18N4OS/c1-15-9-10-4-2-6-18(10)14(19)12-8-11(16-17-12)13-5-3-7-20-13/h3,5,7-8,10,15H,2,4,6,9H2,1H3,(H,16,17). The summed E-state index contributed by atoms with van der Waals surface area (Å²) < 4.78 is 0. The molecule has 5 nitrogen and oxygen atoms in total. The third-order valence-electron chi connectivity index (χ3n) is 3.66. The van der Waals surface area contributed by atoms with Crippen LogP contribution in [0.3, 0.4) is 0 Å². The van der Waals surface area contributed by atoms with Crippen LogP contribution in [-0.2, 0) is 0 Å². The topological polar surface area (TPSA) is 61.0 Å². The molecule has 0 aromatic carbocycles. The van der Waals surface area contributed by atoms with Crippen molar-refractivity contribution in [1.29, 1.82) is 0 Å². The molecule has 0 saturated carbocycles. The average molecular weight is 290 g/mol. The number of hydrogen-bond donors (Lipinski definition) is 2. The van der Waals surface area contributed by atoms with Crippen LogP contribution in [0.4, 0.5) is 0 Å². The van der Waals surface area contributed by atoms with Gasteiger partial charge in [0.2, 0.25) is 0 Å². The molecular formula is C14H18N4OS. The fourth-order valence-corrected chi connectivity index (χ4v) is 3.38. The maximum Gasteiger partial charge on any atom is 0.274 e. The normalized spacial score (nSPS) is 18.6. The lowest BCUT2D eigenvalue weighted by Gasteiger charge is -2.23. The summed E-state index contributed by atoms with van der Waals surface area (Å²) in [5.41, 5.74) is 1.42. The number of amides is 1. The molecule has 1 aliphatic rings. The first-order valence-corrected chi connectivity index (χ1v) is 7.72. The molecule has 1 unspecified atom stereocenters. The van der Waals surface area contributed by atoms with Crippen LogP contribution in [0.1, 0.15) is 23.3 Å². The van der Waals surface area contributed by atoms with Gasteiger partial charge < -0.3 is 10.2 Å². The van der Waals surface area contributed by atoms with E-state index in [9.17, 15) is 4.79 Å². The highest BCUT2D eigenvalue weighted by Crippen LogP contribution is 2.25. The van der Waals surface area contributed by atoms with Crippen LogP contribution in [0.25, 0.3) is 10.6 Å². The van der Waals surface area contributed by atoms with E-state index in [-0.39, 0.29) is 11.9 Å². The van der Waals surface area contributed by atoms with Crippen LogP contribution in [0, 0.1) is 0 Å². The molecule has 1 atom stereocenters. The largest absolute Gasteiger partial charge is 0.333 e. The molecular weight excluding hydrogens is 272 g/mol. The lowest BCUT2D eigenvalue weighted by Crippen LogP contribution is -2.41. The second-order valence-corrected chi connectivity index (χ2v) is 5.94. The summed E-state index contributed by atoms with van der Waals surface area (Å²) in [5, 5.41) is 12.3. The van der Waals surface area contributed by atoms with Crippen molar-refractivity contribution < 1.29 is 4.79 Å². The first kappa shape index (κ1) is 13.3. The second kappa shape index (κ2) is 5.76. The molecule has 1 fully saturated rings. The van der Waals surface area contributed by atoms with E-state index < -0.39 is 0 Å². The van der Waals surface area contributed by atoms with Crippen molar-refractivity contribution in [3.8, 4) is 10.6 Å². The van der Waals surface area contributed by atoms with E-state index in [1.165, 1.54) is 0 Å². The van der Waals surface area contributed by atoms with Crippen LogP contribution in [0.15, 0.2) is 23.6 Å². The van der Waals surface area contributed by atoms with Crippen molar-refractivity contribution in [2.45, 2.75) is 18.9 Å². The van der Waals surface area contributed by atoms with Gasteiger partial charge in [-0.25, -0.2) is 0 Å². The highest BCUT2D eigenvalue weighted by atomic mass is 32.1.